The summed E-state index contributed by atoms with van der Waals surface area (Å²) in [6, 6.07) is 16.5. The topological polar surface area (TPSA) is 39.9 Å². The first-order valence-electron chi connectivity index (χ1n) is 7.88. The zero-order valence-corrected chi connectivity index (χ0v) is 15.6. The van der Waals surface area contributed by atoms with Gasteiger partial charge in [0.15, 0.2) is 11.0 Å². The number of thioether (sulfide) groups is 1. The number of ether oxygens (including phenoxy) is 1. The number of hydrogen-bond donors (Lipinski definition) is 0. The summed E-state index contributed by atoms with van der Waals surface area (Å²) >= 11 is 3.42. The molecular formula is C19H17N3OS2. The van der Waals surface area contributed by atoms with Crippen LogP contribution in [0.3, 0.4) is 0 Å². The van der Waals surface area contributed by atoms with E-state index in [0.717, 1.165) is 28.0 Å². The van der Waals surface area contributed by atoms with Crippen LogP contribution in [0.5, 0.6) is 5.75 Å². The minimum Gasteiger partial charge on any atom is -0.497 e. The molecule has 0 N–H and O–H groups in total. The van der Waals surface area contributed by atoms with Crippen molar-refractivity contribution >= 4 is 33.2 Å². The third kappa shape index (κ3) is 3.15. The average Bonchev–Trinajstić information content (AvgIpc) is 3.23. The van der Waals surface area contributed by atoms with Crippen LogP contribution in [0, 0.1) is 0 Å². The number of fused-ring (bicyclic) bond motifs is 1. The van der Waals surface area contributed by atoms with Gasteiger partial charge in [0.05, 0.1) is 7.11 Å². The van der Waals surface area contributed by atoms with Gasteiger partial charge in [-0.05, 0) is 23.8 Å². The minimum absolute atomic E-state index is 0.827. The third-order valence-electron chi connectivity index (χ3n) is 4.06. The van der Waals surface area contributed by atoms with Gasteiger partial charge >= 0.3 is 0 Å². The number of thiophene rings is 1. The summed E-state index contributed by atoms with van der Waals surface area (Å²) in [6.07, 6.45) is 0. The standard InChI is InChI=1S/C19H17N3OS2/c1-22-18(16-12-24-17-9-4-3-8-15(16)17)20-21-19(22)25-11-13-6-5-7-14(10-13)23-2/h3-10,12H,11H2,1-2H3. The van der Waals surface area contributed by atoms with Crippen LogP contribution < -0.4 is 4.74 Å². The Labute approximate surface area is 154 Å². The molecule has 2 aromatic carbocycles. The molecule has 0 unspecified atom stereocenters. The molecule has 0 radical (unpaired) electrons. The Balaban J connectivity index is 1.59. The van der Waals surface area contributed by atoms with Crippen LogP contribution in [0.15, 0.2) is 59.1 Å². The molecule has 4 nitrogen and oxygen atoms in total. The quantitative estimate of drug-likeness (QED) is 0.466. The normalized spacial score (nSPS) is 11.1. The van der Waals surface area contributed by atoms with Gasteiger partial charge in [-0.2, -0.15) is 0 Å². The van der Waals surface area contributed by atoms with Crippen LogP contribution in [-0.2, 0) is 12.8 Å². The second-order valence-electron chi connectivity index (χ2n) is 5.65. The van der Waals surface area contributed by atoms with E-state index >= 15 is 0 Å². The van der Waals surface area contributed by atoms with Gasteiger partial charge in [0, 0.05) is 33.8 Å². The molecule has 2 heterocycles. The summed E-state index contributed by atoms with van der Waals surface area (Å²) in [5.74, 6) is 2.61. The molecule has 126 valence electrons. The number of rotatable bonds is 5. The van der Waals surface area contributed by atoms with Crippen molar-refractivity contribution in [3.05, 3.63) is 59.5 Å². The van der Waals surface area contributed by atoms with E-state index in [2.05, 4.69) is 56.5 Å². The van der Waals surface area contributed by atoms with E-state index in [1.807, 2.05) is 19.2 Å². The maximum atomic E-state index is 5.28. The van der Waals surface area contributed by atoms with Gasteiger partial charge in [-0.3, -0.25) is 0 Å². The molecule has 4 rings (SSSR count). The van der Waals surface area contributed by atoms with E-state index in [-0.39, 0.29) is 0 Å². The van der Waals surface area contributed by atoms with Crippen LogP contribution in [-0.4, -0.2) is 21.9 Å². The lowest BCUT2D eigenvalue weighted by Crippen LogP contribution is -1.94. The molecular weight excluding hydrogens is 350 g/mol. The first-order valence-corrected chi connectivity index (χ1v) is 9.74. The van der Waals surface area contributed by atoms with E-state index in [1.165, 1.54) is 15.6 Å². The van der Waals surface area contributed by atoms with Crippen molar-refractivity contribution in [2.24, 2.45) is 7.05 Å². The van der Waals surface area contributed by atoms with E-state index in [9.17, 15) is 0 Å². The maximum absolute atomic E-state index is 5.28. The molecule has 4 aromatic rings. The van der Waals surface area contributed by atoms with Crippen molar-refractivity contribution in [2.75, 3.05) is 7.11 Å². The van der Waals surface area contributed by atoms with Crippen molar-refractivity contribution in [3.8, 4) is 17.1 Å². The zero-order chi connectivity index (χ0) is 17.2. The second-order valence-corrected chi connectivity index (χ2v) is 7.50. The highest BCUT2D eigenvalue weighted by atomic mass is 32.2. The maximum Gasteiger partial charge on any atom is 0.191 e. The fourth-order valence-corrected chi connectivity index (χ4v) is 4.53. The highest BCUT2D eigenvalue weighted by Crippen LogP contribution is 2.34. The number of hydrogen-bond acceptors (Lipinski definition) is 5. The predicted molar refractivity (Wildman–Crippen MR) is 104 cm³/mol. The zero-order valence-electron chi connectivity index (χ0n) is 14.0. The van der Waals surface area contributed by atoms with Crippen LogP contribution in [0.25, 0.3) is 21.5 Å². The van der Waals surface area contributed by atoms with E-state index in [0.29, 0.717) is 0 Å². The van der Waals surface area contributed by atoms with Crippen molar-refractivity contribution in [2.45, 2.75) is 10.9 Å². The predicted octanol–water partition coefficient (Wildman–Crippen LogP) is 5.00. The Hall–Kier alpha value is -2.31. The van der Waals surface area contributed by atoms with E-state index in [4.69, 9.17) is 4.74 Å². The second kappa shape index (κ2) is 6.90. The molecule has 6 heteroatoms. The molecule has 2 aromatic heterocycles. The lowest BCUT2D eigenvalue weighted by atomic mass is 10.2. The van der Waals surface area contributed by atoms with Gasteiger partial charge in [-0.1, -0.05) is 42.1 Å². The first kappa shape index (κ1) is 16.2. The number of methoxy groups -OCH3 is 1. The molecule has 0 bridgehead atoms. The fourth-order valence-electron chi connectivity index (χ4n) is 2.74. The molecule has 0 fully saturated rings. The monoisotopic (exact) mass is 367 g/mol. The highest BCUT2D eigenvalue weighted by Gasteiger charge is 2.15. The summed E-state index contributed by atoms with van der Waals surface area (Å²) in [5.41, 5.74) is 2.35. The molecule has 0 amide bonds. The van der Waals surface area contributed by atoms with Crippen molar-refractivity contribution in [1.82, 2.24) is 14.8 Å². The Kier molecular flexibility index (Phi) is 4.46. The Morgan fingerprint density at radius 3 is 2.88 bits per heavy atom. The number of aromatic nitrogens is 3. The summed E-state index contributed by atoms with van der Waals surface area (Å²) < 4.78 is 8.62. The molecule has 0 spiro atoms. The Morgan fingerprint density at radius 1 is 1.12 bits per heavy atom. The molecule has 0 aliphatic heterocycles. The lowest BCUT2D eigenvalue weighted by Gasteiger charge is -2.05. The van der Waals surface area contributed by atoms with Gasteiger partial charge in [0.1, 0.15) is 5.75 Å². The fraction of sp³-hybridized carbons (Fsp3) is 0.158. The van der Waals surface area contributed by atoms with Crippen LogP contribution in [0.4, 0.5) is 0 Å². The summed E-state index contributed by atoms with van der Waals surface area (Å²) in [5, 5.41) is 13.1. The number of benzene rings is 2. The van der Waals surface area contributed by atoms with E-state index < -0.39 is 0 Å². The first-order chi connectivity index (χ1) is 12.3. The average molecular weight is 367 g/mol. The van der Waals surface area contributed by atoms with Crippen molar-refractivity contribution < 1.29 is 4.74 Å². The van der Waals surface area contributed by atoms with Crippen molar-refractivity contribution in [1.29, 1.82) is 0 Å². The SMILES string of the molecule is COc1cccc(CSc2nnc(-c3csc4ccccc34)n2C)c1. The molecule has 0 aliphatic carbocycles. The third-order valence-corrected chi connectivity index (χ3v) is 6.11. The van der Waals surface area contributed by atoms with Gasteiger partial charge < -0.3 is 9.30 Å². The minimum atomic E-state index is 0.827. The summed E-state index contributed by atoms with van der Waals surface area (Å²) in [7, 11) is 3.71. The molecule has 0 aliphatic rings. The van der Waals surface area contributed by atoms with Gasteiger partial charge in [0.25, 0.3) is 0 Å². The van der Waals surface area contributed by atoms with Crippen LogP contribution >= 0.6 is 23.1 Å². The van der Waals surface area contributed by atoms with Crippen LogP contribution in [0.1, 0.15) is 5.56 Å². The van der Waals surface area contributed by atoms with Gasteiger partial charge in [-0.15, -0.1) is 21.5 Å². The van der Waals surface area contributed by atoms with E-state index in [1.54, 1.807) is 30.2 Å². The van der Waals surface area contributed by atoms with Crippen LogP contribution in [0.2, 0.25) is 0 Å². The molecule has 0 saturated carbocycles. The molecule has 0 saturated heterocycles. The number of nitrogens with zero attached hydrogens (tertiary/aromatic N) is 3. The molecule has 0 atom stereocenters. The van der Waals surface area contributed by atoms with Gasteiger partial charge in [0.2, 0.25) is 0 Å². The smallest absolute Gasteiger partial charge is 0.191 e. The lowest BCUT2D eigenvalue weighted by molar-refractivity contribution is 0.414. The summed E-state index contributed by atoms with van der Waals surface area (Å²) in [4.78, 5) is 0. The largest absolute Gasteiger partial charge is 0.497 e. The Bertz CT molecular complexity index is 1020. The summed E-state index contributed by atoms with van der Waals surface area (Å²) in [6.45, 7) is 0. The molecule has 25 heavy (non-hydrogen) atoms. The Morgan fingerprint density at radius 2 is 2.00 bits per heavy atom. The van der Waals surface area contributed by atoms with Crippen molar-refractivity contribution in [3.63, 3.8) is 0 Å². The van der Waals surface area contributed by atoms with Gasteiger partial charge in [-0.25, -0.2) is 0 Å². The highest BCUT2D eigenvalue weighted by molar-refractivity contribution is 7.98.